The third-order valence-corrected chi connectivity index (χ3v) is 6.22. The molecule has 0 spiro atoms. The molecule has 0 radical (unpaired) electrons. The summed E-state index contributed by atoms with van der Waals surface area (Å²) in [6, 6.07) is 5.81. The largest absolute Gasteiger partial charge is 0.482 e. The normalized spacial score (nSPS) is 16.2. The van der Waals surface area contributed by atoms with Crippen molar-refractivity contribution in [3.05, 3.63) is 63.2 Å². The Kier molecular flexibility index (Phi) is 6.90. The van der Waals surface area contributed by atoms with Crippen LogP contribution in [0.25, 0.3) is 0 Å². The molecule has 1 aliphatic heterocycles. The topological polar surface area (TPSA) is 145 Å². The van der Waals surface area contributed by atoms with Gasteiger partial charge in [0.25, 0.3) is 5.69 Å². The zero-order valence-electron chi connectivity index (χ0n) is 16.7. The van der Waals surface area contributed by atoms with Crippen LogP contribution >= 0.6 is 0 Å². The molecule has 1 unspecified atom stereocenters. The highest BCUT2D eigenvalue weighted by atomic mass is 32.2. The van der Waals surface area contributed by atoms with Crippen LogP contribution in [0.1, 0.15) is 22.8 Å². The number of sulfonamides is 1. The molecule has 3 rings (SSSR count). The summed E-state index contributed by atoms with van der Waals surface area (Å²) in [4.78, 5) is 19.7. The molecule has 33 heavy (non-hydrogen) atoms. The number of nitrogens with one attached hydrogen (secondary N) is 1. The van der Waals surface area contributed by atoms with E-state index in [4.69, 9.17) is 14.6 Å². The Morgan fingerprint density at radius 3 is 2.64 bits per heavy atom. The third kappa shape index (κ3) is 5.77. The van der Waals surface area contributed by atoms with Gasteiger partial charge in [-0.2, -0.15) is 13.2 Å². The number of nitrogens with zero attached hydrogens (tertiary/aromatic N) is 1. The maximum atomic E-state index is 12.9. The molecule has 1 atom stereocenters. The molecule has 2 aromatic carbocycles. The monoisotopic (exact) mass is 490 g/mol. The Morgan fingerprint density at radius 1 is 1.27 bits per heavy atom. The van der Waals surface area contributed by atoms with Crippen molar-refractivity contribution in [2.75, 3.05) is 19.8 Å². The van der Waals surface area contributed by atoms with Crippen molar-refractivity contribution in [1.29, 1.82) is 0 Å². The van der Waals surface area contributed by atoms with Crippen molar-refractivity contribution < 1.29 is 45.9 Å². The minimum atomic E-state index is -4.88. The van der Waals surface area contributed by atoms with Crippen LogP contribution in [0.3, 0.4) is 0 Å². The second kappa shape index (κ2) is 9.33. The number of rotatable bonds is 8. The fourth-order valence-corrected chi connectivity index (χ4v) is 4.43. The highest BCUT2D eigenvalue weighted by Crippen LogP contribution is 2.35. The van der Waals surface area contributed by atoms with Crippen LogP contribution in [0.4, 0.5) is 18.9 Å². The number of nitro groups is 1. The van der Waals surface area contributed by atoms with Crippen LogP contribution in [-0.2, 0) is 32.2 Å². The molecule has 0 saturated heterocycles. The van der Waals surface area contributed by atoms with Crippen molar-refractivity contribution in [2.24, 2.45) is 0 Å². The van der Waals surface area contributed by atoms with Crippen molar-refractivity contribution in [1.82, 2.24) is 4.72 Å². The fourth-order valence-electron chi connectivity index (χ4n) is 3.24. The molecule has 0 fully saturated rings. The second-order valence-electron chi connectivity index (χ2n) is 6.94. The molecule has 0 amide bonds. The smallest absolute Gasteiger partial charge is 0.416 e. The van der Waals surface area contributed by atoms with Gasteiger partial charge in [-0.15, -0.1) is 0 Å². The van der Waals surface area contributed by atoms with Crippen LogP contribution in [0, 0.1) is 10.1 Å². The van der Waals surface area contributed by atoms with E-state index in [1.807, 2.05) is 0 Å². The lowest BCUT2D eigenvalue weighted by molar-refractivity contribution is -0.388. The van der Waals surface area contributed by atoms with E-state index in [9.17, 15) is 36.5 Å². The zero-order valence-corrected chi connectivity index (χ0v) is 17.5. The molecule has 0 saturated carbocycles. The van der Waals surface area contributed by atoms with E-state index in [2.05, 4.69) is 4.72 Å². The number of halogens is 3. The number of carbonyl (C=O) groups is 1. The molecule has 1 aliphatic rings. The standard InChI is InChI=1S/C19H17F3N2O8S/c20-19(21,22)12-1-4-17(15(8-12)24(27)28)33(29,30)23-9-16-14-3-2-13(32-10-18(25)26)7-11(14)5-6-31-16/h1-4,7-8,16,23H,5-6,9-10H2,(H,25,26). The van der Waals surface area contributed by atoms with E-state index in [-0.39, 0.29) is 19.2 Å². The number of carboxylic acids is 1. The van der Waals surface area contributed by atoms with Crippen LogP contribution in [0.5, 0.6) is 5.75 Å². The lowest BCUT2D eigenvalue weighted by Crippen LogP contribution is -2.32. The second-order valence-corrected chi connectivity index (χ2v) is 8.68. The first-order chi connectivity index (χ1) is 15.4. The van der Waals surface area contributed by atoms with Gasteiger partial charge in [0.1, 0.15) is 5.75 Å². The summed E-state index contributed by atoms with van der Waals surface area (Å²) >= 11 is 0. The zero-order chi connectivity index (χ0) is 24.4. The summed E-state index contributed by atoms with van der Waals surface area (Å²) in [5, 5.41) is 19.9. The lowest BCUT2D eigenvalue weighted by atomic mass is 9.97. The number of hydrogen-bond donors (Lipinski definition) is 2. The van der Waals surface area contributed by atoms with Crippen molar-refractivity contribution in [3.8, 4) is 5.75 Å². The van der Waals surface area contributed by atoms with Crippen LogP contribution in [0.2, 0.25) is 0 Å². The molecule has 2 N–H and O–H groups in total. The number of carboxylic acid groups (broad SMARTS) is 1. The molecule has 178 valence electrons. The first kappa shape index (κ1) is 24.4. The van der Waals surface area contributed by atoms with Crippen LogP contribution < -0.4 is 9.46 Å². The van der Waals surface area contributed by atoms with Gasteiger partial charge in [-0.25, -0.2) is 17.9 Å². The first-order valence-corrected chi connectivity index (χ1v) is 10.8. The number of aliphatic carboxylic acids is 1. The summed E-state index contributed by atoms with van der Waals surface area (Å²) in [6.07, 6.45) is -5.22. The Morgan fingerprint density at radius 2 is 2.00 bits per heavy atom. The predicted octanol–water partition coefficient (Wildman–Crippen LogP) is 2.67. The average Bonchev–Trinajstić information content (AvgIpc) is 2.75. The highest BCUT2D eigenvalue weighted by molar-refractivity contribution is 7.89. The number of ether oxygens (including phenoxy) is 2. The molecule has 0 bridgehead atoms. The van der Waals surface area contributed by atoms with Gasteiger partial charge in [0.2, 0.25) is 10.0 Å². The van der Waals surface area contributed by atoms with Crippen LogP contribution in [0.15, 0.2) is 41.3 Å². The van der Waals surface area contributed by atoms with Crippen molar-refractivity contribution >= 4 is 21.7 Å². The number of nitro benzene ring substituents is 1. The van der Waals surface area contributed by atoms with E-state index in [1.165, 1.54) is 6.07 Å². The quantitative estimate of drug-likeness (QED) is 0.424. The van der Waals surface area contributed by atoms with Gasteiger partial charge in [-0.3, -0.25) is 10.1 Å². The summed E-state index contributed by atoms with van der Waals surface area (Å²) in [6.45, 7) is -0.671. The highest BCUT2D eigenvalue weighted by Gasteiger charge is 2.35. The Labute approximate surface area is 185 Å². The van der Waals surface area contributed by atoms with Gasteiger partial charge in [-0.1, -0.05) is 6.07 Å². The van der Waals surface area contributed by atoms with Gasteiger partial charge in [0.15, 0.2) is 11.5 Å². The maximum absolute atomic E-state index is 12.9. The number of benzene rings is 2. The molecule has 1 heterocycles. The minimum absolute atomic E-state index is 0.166. The molecule has 0 aliphatic carbocycles. The van der Waals surface area contributed by atoms with Gasteiger partial charge in [-0.05, 0) is 41.8 Å². The molecule has 14 heteroatoms. The SMILES string of the molecule is O=C(O)COc1ccc2c(c1)CCOC2CNS(=O)(=O)c1ccc(C(F)(F)F)cc1[N+](=O)[O-]. The summed E-state index contributed by atoms with van der Waals surface area (Å²) < 4.78 is 76.7. The van der Waals surface area contributed by atoms with Crippen molar-refractivity contribution in [2.45, 2.75) is 23.6 Å². The summed E-state index contributed by atoms with van der Waals surface area (Å²) in [5.74, 6) is -0.849. The Balaban J connectivity index is 1.80. The first-order valence-electron chi connectivity index (χ1n) is 9.33. The van der Waals surface area contributed by atoms with E-state index in [1.54, 1.807) is 12.1 Å². The Bertz CT molecular complexity index is 1180. The predicted molar refractivity (Wildman–Crippen MR) is 105 cm³/mol. The van der Waals surface area contributed by atoms with E-state index in [0.717, 1.165) is 5.56 Å². The molecular formula is C19H17F3N2O8S. The van der Waals surface area contributed by atoms with Crippen molar-refractivity contribution in [3.63, 3.8) is 0 Å². The molecule has 2 aromatic rings. The summed E-state index contributed by atoms with van der Waals surface area (Å²) in [7, 11) is -4.56. The maximum Gasteiger partial charge on any atom is 0.416 e. The average molecular weight is 490 g/mol. The Hall–Kier alpha value is -3.23. The van der Waals surface area contributed by atoms with Gasteiger partial charge >= 0.3 is 12.1 Å². The van der Waals surface area contributed by atoms with E-state index in [0.29, 0.717) is 29.9 Å². The summed E-state index contributed by atoms with van der Waals surface area (Å²) in [5.41, 5.74) is -1.23. The minimum Gasteiger partial charge on any atom is -0.482 e. The number of hydrogen-bond acceptors (Lipinski definition) is 7. The molecule has 0 aromatic heterocycles. The number of fused-ring (bicyclic) bond motifs is 1. The van der Waals surface area contributed by atoms with E-state index < -0.39 is 55.9 Å². The van der Waals surface area contributed by atoms with Gasteiger partial charge < -0.3 is 14.6 Å². The van der Waals surface area contributed by atoms with Gasteiger partial charge in [0.05, 0.1) is 23.2 Å². The van der Waals surface area contributed by atoms with Gasteiger partial charge in [0, 0.05) is 12.6 Å². The third-order valence-electron chi connectivity index (χ3n) is 4.75. The fraction of sp³-hybridized carbons (Fsp3) is 0.316. The van der Waals surface area contributed by atoms with Crippen LogP contribution in [-0.4, -0.2) is 44.2 Å². The number of alkyl halides is 3. The lowest BCUT2D eigenvalue weighted by Gasteiger charge is -2.26. The molecular weight excluding hydrogens is 473 g/mol. The van der Waals surface area contributed by atoms with E-state index >= 15 is 0 Å². The molecule has 10 nitrogen and oxygen atoms in total.